The molecular weight excluding hydrogens is 1530 g/mol. The second-order valence-corrected chi connectivity index (χ2v) is 37.0. The molecule has 15 aromatic rings. The molecule has 0 atom stereocenters. The van der Waals surface area contributed by atoms with E-state index in [-0.39, 0.29) is 10.8 Å². The molecule has 3 heteroatoms. The molecule has 0 unspecified atom stereocenters. The Morgan fingerprint density at radius 2 is 0.417 bits per heavy atom. The monoisotopic (exact) mass is 1660 g/mol. The summed E-state index contributed by atoms with van der Waals surface area (Å²) < 4.78 is 0. The number of benzene rings is 15. The van der Waals surface area contributed by atoms with Crippen molar-refractivity contribution in [3.63, 3.8) is 0 Å². The molecule has 640 valence electrons. The van der Waals surface area contributed by atoms with Crippen LogP contribution in [0, 0.1) is 0 Å². The Labute approximate surface area is 759 Å². The zero-order valence-corrected chi connectivity index (χ0v) is 76.0. The predicted molar refractivity (Wildman–Crippen MR) is 547 cm³/mol. The molecule has 3 aliphatic rings. The number of para-hydroxylation sites is 4. The molecule has 15 aromatic carbocycles. The van der Waals surface area contributed by atoms with Crippen molar-refractivity contribution in [3.8, 4) is 77.9 Å². The third-order valence-electron chi connectivity index (χ3n) is 28.8. The summed E-state index contributed by atoms with van der Waals surface area (Å²) >= 11 is 0. The van der Waals surface area contributed by atoms with Gasteiger partial charge < -0.3 is 14.7 Å². The number of fused-ring (bicyclic) bond motifs is 9. The van der Waals surface area contributed by atoms with Gasteiger partial charge >= 0.3 is 0 Å². The molecule has 0 amide bonds. The average molecular weight is 1660 g/mol. The lowest BCUT2D eigenvalue weighted by Gasteiger charge is -2.33. The van der Waals surface area contributed by atoms with Crippen LogP contribution in [-0.2, 0) is 23.7 Å². The van der Waals surface area contributed by atoms with Gasteiger partial charge in [-0.1, -0.05) is 394 Å². The van der Waals surface area contributed by atoms with Crippen LogP contribution in [-0.4, -0.2) is 0 Å². The van der Waals surface area contributed by atoms with Gasteiger partial charge in [-0.05, 0) is 294 Å². The van der Waals surface area contributed by atoms with Crippen molar-refractivity contribution < 1.29 is 0 Å². The van der Waals surface area contributed by atoms with Crippen LogP contribution < -0.4 is 14.7 Å². The molecule has 3 nitrogen and oxygen atoms in total. The van der Waals surface area contributed by atoms with Gasteiger partial charge in [-0.2, -0.15) is 0 Å². The molecule has 127 heavy (non-hydrogen) atoms. The number of aryl methyl sites for hydroxylation is 2. The Kier molecular flexibility index (Phi) is 27.5. The van der Waals surface area contributed by atoms with E-state index >= 15 is 0 Å². The Morgan fingerprint density at radius 3 is 0.677 bits per heavy atom. The van der Waals surface area contributed by atoms with Gasteiger partial charge in [-0.25, -0.2) is 0 Å². The zero-order chi connectivity index (χ0) is 86.1. The van der Waals surface area contributed by atoms with Crippen molar-refractivity contribution in [2.75, 3.05) is 14.7 Å². The van der Waals surface area contributed by atoms with E-state index in [0.29, 0.717) is 0 Å². The van der Waals surface area contributed by atoms with Crippen LogP contribution in [0.15, 0.2) is 346 Å². The van der Waals surface area contributed by atoms with Gasteiger partial charge in [0.2, 0.25) is 0 Å². The summed E-state index contributed by atoms with van der Waals surface area (Å²) in [7, 11) is 0. The summed E-state index contributed by atoms with van der Waals surface area (Å²) in [5.74, 6) is 0. The van der Waals surface area contributed by atoms with E-state index in [1.807, 2.05) is 0 Å². The summed E-state index contributed by atoms with van der Waals surface area (Å²) in [5.41, 5.74) is 37.7. The van der Waals surface area contributed by atoms with E-state index in [2.05, 4.69) is 388 Å². The van der Waals surface area contributed by atoms with E-state index in [0.717, 1.165) is 83.3 Å². The topological polar surface area (TPSA) is 9.72 Å². The van der Waals surface area contributed by atoms with Gasteiger partial charge in [0.15, 0.2) is 0 Å². The Morgan fingerprint density at radius 1 is 0.189 bits per heavy atom. The second-order valence-electron chi connectivity index (χ2n) is 37.0. The minimum absolute atomic E-state index is 0.0992. The van der Waals surface area contributed by atoms with Crippen molar-refractivity contribution in [3.05, 3.63) is 379 Å². The molecule has 18 rings (SSSR count). The third-order valence-corrected chi connectivity index (χ3v) is 28.8. The molecule has 0 aromatic heterocycles. The lowest BCUT2D eigenvalue weighted by molar-refractivity contribution is 0.398. The van der Waals surface area contributed by atoms with E-state index in [1.54, 1.807) is 0 Å². The zero-order valence-electron chi connectivity index (χ0n) is 76.0. The summed E-state index contributed by atoms with van der Waals surface area (Å²) in [6.45, 7) is 9.36. The SMILES string of the molecule is CCCCCCCCC1(CCCCCCCC)c2cc(-c3ccc(N(c4ccccc4)c4ccccc4)cc3)ccc2-c2ccc(-c3ccc(N(c4ccccc4)c4ccc(-c5ccc6c(c5)C(CCCCCCCC)(CCCCCCCC)c5cc(-c7ccc(N(c8ccccc8)c8ccc(-c9cc%10c(c%11ccccc9%11)CC%10)cc8)cc7)ccc5-6)cc4)cc3)cc21. The highest BCUT2D eigenvalue weighted by atomic mass is 15.2. The molecule has 0 saturated carbocycles. The number of rotatable bonds is 42. The van der Waals surface area contributed by atoms with Gasteiger partial charge in [-0.15, -0.1) is 0 Å². The Bertz CT molecular complexity index is 6020. The van der Waals surface area contributed by atoms with Crippen LogP contribution >= 0.6 is 0 Å². The molecule has 0 radical (unpaired) electrons. The van der Waals surface area contributed by atoms with Crippen molar-refractivity contribution >= 4 is 62.0 Å². The molecule has 0 saturated heterocycles. The first-order valence-electron chi connectivity index (χ1n) is 49.1. The summed E-state index contributed by atoms with van der Waals surface area (Å²) in [5, 5.41) is 2.75. The molecule has 0 N–H and O–H groups in total. The number of hydrogen-bond acceptors (Lipinski definition) is 3. The van der Waals surface area contributed by atoms with Gasteiger partial charge in [-0.3, -0.25) is 0 Å². The maximum atomic E-state index is 2.65. The average Bonchev–Trinajstić information content (AvgIpc) is 1.58. The van der Waals surface area contributed by atoms with E-state index in [9.17, 15) is 0 Å². The van der Waals surface area contributed by atoms with Crippen LogP contribution in [0.1, 0.15) is 241 Å². The van der Waals surface area contributed by atoms with Crippen LogP contribution in [0.25, 0.3) is 88.7 Å². The van der Waals surface area contributed by atoms with Gasteiger partial charge in [0.1, 0.15) is 0 Å². The Hall–Kier alpha value is -12.0. The molecule has 0 spiro atoms. The fourth-order valence-corrected chi connectivity index (χ4v) is 21.8. The van der Waals surface area contributed by atoms with Crippen LogP contribution in [0.5, 0.6) is 0 Å². The molecule has 0 bridgehead atoms. The van der Waals surface area contributed by atoms with Crippen molar-refractivity contribution in [2.45, 2.75) is 231 Å². The smallest absolute Gasteiger partial charge is 0.0462 e. The number of unbranched alkanes of at least 4 members (excludes halogenated alkanes) is 20. The van der Waals surface area contributed by atoms with Gasteiger partial charge in [0.05, 0.1) is 0 Å². The fourth-order valence-electron chi connectivity index (χ4n) is 21.8. The summed E-state index contributed by atoms with van der Waals surface area (Å²) in [4.78, 5) is 7.24. The maximum absolute atomic E-state index is 2.65. The minimum Gasteiger partial charge on any atom is -0.311 e. The third kappa shape index (κ3) is 18.5. The quantitative estimate of drug-likeness (QED) is 0.0353. The molecular formula is C124H129N3. The van der Waals surface area contributed by atoms with E-state index in [1.165, 1.54) is 283 Å². The van der Waals surface area contributed by atoms with Gasteiger partial charge in [0.25, 0.3) is 0 Å². The number of nitrogens with zero attached hydrogens (tertiary/aromatic N) is 3. The van der Waals surface area contributed by atoms with Crippen molar-refractivity contribution in [2.24, 2.45) is 0 Å². The van der Waals surface area contributed by atoms with Crippen molar-refractivity contribution in [1.82, 2.24) is 0 Å². The number of hydrogen-bond donors (Lipinski definition) is 0. The number of anilines is 9. The molecule has 0 fully saturated rings. The minimum atomic E-state index is -0.116. The normalized spacial score (nSPS) is 13.0. The molecule has 3 aliphatic carbocycles. The Balaban J connectivity index is 0.647. The maximum Gasteiger partial charge on any atom is 0.0462 e. The van der Waals surface area contributed by atoms with Crippen molar-refractivity contribution in [1.29, 1.82) is 0 Å². The highest BCUT2D eigenvalue weighted by Crippen LogP contribution is 2.59. The van der Waals surface area contributed by atoms with E-state index in [4.69, 9.17) is 0 Å². The first-order valence-corrected chi connectivity index (χ1v) is 49.1. The fraction of sp³-hybridized carbons (Fsp3) is 0.290. The van der Waals surface area contributed by atoms with Crippen LogP contribution in [0.3, 0.4) is 0 Å². The standard InChI is InChI=1S/C124H129N3/c1-5-9-13-17-21-39-83-123(84-40-22-18-14-10-6-2)119-88-97(92-53-68-106(69-54-92)125(102-43-29-25-30-44-102)103-45-31-26-32-46-103)63-79-114(119)115-80-64-98(89-120(115)123)93-55-70-107(71-56-93)126(104-47-33-27-34-48-104)108-72-57-94(58-73-108)99-65-81-116-117-82-66-100(91-122(117)124(121(116)90-99,85-41-23-19-15-11-7-3)86-42-24-20-16-12-8-4)95-59-74-109(75-60-95)127(105-49-35-28-36-50-105)110-76-61-96(62-77-110)118-87-101-67-78-111(101)112-51-37-38-52-113(112)118/h25-38,43-66,68-77,79-82,87-91H,5-24,39-42,67,78,83-86H2,1-4H3. The molecule has 0 aliphatic heterocycles. The molecule has 0 heterocycles. The van der Waals surface area contributed by atoms with Crippen LogP contribution in [0.2, 0.25) is 0 Å². The highest BCUT2D eigenvalue weighted by Gasteiger charge is 2.45. The predicted octanol–water partition coefficient (Wildman–Crippen LogP) is 37.2. The first kappa shape index (κ1) is 85.7. The van der Waals surface area contributed by atoms with E-state index < -0.39 is 0 Å². The second kappa shape index (κ2) is 40.7. The summed E-state index contributed by atoms with van der Waals surface area (Å²) in [6.07, 6.45) is 37.7. The largest absolute Gasteiger partial charge is 0.311 e. The lowest BCUT2D eigenvalue weighted by atomic mass is 9.70. The summed E-state index contributed by atoms with van der Waals surface area (Å²) in [6, 6.07) is 132. The van der Waals surface area contributed by atoms with Crippen LogP contribution in [0.4, 0.5) is 51.2 Å². The first-order chi connectivity index (χ1) is 62.8. The lowest BCUT2D eigenvalue weighted by Crippen LogP contribution is -2.25. The highest BCUT2D eigenvalue weighted by molar-refractivity contribution is 6.01. The van der Waals surface area contributed by atoms with Gasteiger partial charge in [0, 0.05) is 62.0 Å².